The molecule has 80 valence electrons. The van der Waals surface area contributed by atoms with Crippen molar-refractivity contribution < 1.29 is 9.84 Å². The first-order valence-corrected chi connectivity index (χ1v) is 5.19. The van der Waals surface area contributed by atoms with Crippen molar-refractivity contribution in [3.8, 4) is 0 Å². The molecule has 0 spiro atoms. The van der Waals surface area contributed by atoms with Gasteiger partial charge in [-0.1, -0.05) is 20.8 Å². The van der Waals surface area contributed by atoms with Gasteiger partial charge in [-0.3, -0.25) is 0 Å². The molecule has 1 N–H and O–H groups in total. The van der Waals surface area contributed by atoms with Crippen LogP contribution in [0.1, 0.15) is 47.0 Å². The number of ether oxygens (including phenoxy) is 1. The number of methoxy groups -OCH3 is 1. The molecule has 0 radical (unpaired) electrons. The average molecular weight is 188 g/mol. The molecule has 13 heavy (non-hydrogen) atoms. The van der Waals surface area contributed by atoms with Crippen LogP contribution in [0.25, 0.3) is 0 Å². The maximum absolute atomic E-state index is 9.89. The standard InChI is InChI=1S/C11H24O2/c1-6-11(4,13-5)10(12)8-7-9(2)3/h9-10,12H,6-8H2,1-5H3. The first kappa shape index (κ1) is 12.9. The van der Waals surface area contributed by atoms with Crippen molar-refractivity contribution in [1.29, 1.82) is 0 Å². The highest BCUT2D eigenvalue weighted by Gasteiger charge is 2.30. The number of aliphatic hydroxyl groups is 1. The van der Waals surface area contributed by atoms with Gasteiger partial charge in [-0.2, -0.15) is 0 Å². The molecule has 2 heteroatoms. The minimum Gasteiger partial charge on any atom is -0.390 e. The van der Waals surface area contributed by atoms with E-state index in [-0.39, 0.29) is 11.7 Å². The molecule has 0 heterocycles. The third-order valence-corrected chi connectivity index (χ3v) is 2.89. The Morgan fingerprint density at radius 2 is 1.85 bits per heavy atom. The van der Waals surface area contributed by atoms with E-state index in [4.69, 9.17) is 4.74 Å². The fraction of sp³-hybridized carbons (Fsp3) is 1.00. The van der Waals surface area contributed by atoms with Gasteiger partial charge in [-0.15, -0.1) is 0 Å². The van der Waals surface area contributed by atoms with Crippen molar-refractivity contribution in [3.05, 3.63) is 0 Å². The minimum atomic E-state index is -0.366. The lowest BCUT2D eigenvalue weighted by molar-refractivity contribution is -0.0960. The third kappa shape index (κ3) is 4.10. The Labute approximate surface area is 82.3 Å². The smallest absolute Gasteiger partial charge is 0.0905 e. The summed E-state index contributed by atoms with van der Waals surface area (Å²) in [5, 5.41) is 9.89. The molecule has 0 aromatic rings. The summed E-state index contributed by atoms with van der Waals surface area (Å²) in [6.45, 7) is 8.35. The quantitative estimate of drug-likeness (QED) is 0.694. The topological polar surface area (TPSA) is 29.5 Å². The van der Waals surface area contributed by atoms with Crippen LogP contribution >= 0.6 is 0 Å². The van der Waals surface area contributed by atoms with E-state index in [0.717, 1.165) is 19.3 Å². The summed E-state index contributed by atoms with van der Waals surface area (Å²) in [5.41, 5.74) is -0.366. The zero-order chi connectivity index (χ0) is 10.5. The molecule has 0 amide bonds. The van der Waals surface area contributed by atoms with Crippen molar-refractivity contribution >= 4 is 0 Å². The molecular formula is C11H24O2. The minimum absolute atomic E-state index is 0.343. The highest BCUT2D eigenvalue weighted by molar-refractivity contribution is 4.82. The van der Waals surface area contributed by atoms with Crippen LogP contribution in [0, 0.1) is 5.92 Å². The summed E-state index contributed by atoms with van der Waals surface area (Å²) in [6.07, 6.45) is 2.39. The average Bonchev–Trinajstić information content (AvgIpc) is 2.12. The van der Waals surface area contributed by atoms with E-state index in [2.05, 4.69) is 13.8 Å². The molecular weight excluding hydrogens is 164 g/mol. The van der Waals surface area contributed by atoms with Crippen molar-refractivity contribution in [1.82, 2.24) is 0 Å². The molecule has 2 nitrogen and oxygen atoms in total. The first-order chi connectivity index (χ1) is 5.96. The normalized spacial score (nSPS) is 18.7. The van der Waals surface area contributed by atoms with Crippen molar-refractivity contribution in [2.24, 2.45) is 5.92 Å². The Kier molecular flexibility index (Phi) is 5.57. The van der Waals surface area contributed by atoms with Gasteiger partial charge in [0, 0.05) is 7.11 Å². The van der Waals surface area contributed by atoms with E-state index in [1.807, 2.05) is 13.8 Å². The molecule has 2 atom stereocenters. The Morgan fingerprint density at radius 3 is 2.15 bits per heavy atom. The first-order valence-electron chi connectivity index (χ1n) is 5.19. The van der Waals surface area contributed by atoms with E-state index >= 15 is 0 Å². The predicted octanol–water partition coefficient (Wildman–Crippen LogP) is 2.60. The van der Waals surface area contributed by atoms with Crippen LogP contribution in [0.4, 0.5) is 0 Å². The van der Waals surface area contributed by atoms with Crippen LogP contribution in [-0.4, -0.2) is 23.9 Å². The van der Waals surface area contributed by atoms with Gasteiger partial charge in [0.25, 0.3) is 0 Å². The number of aliphatic hydroxyl groups excluding tert-OH is 1. The van der Waals surface area contributed by atoms with Gasteiger partial charge in [0.1, 0.15) is 0 Å². The predicted molar refractivity (Wildman–Crippen MR) is 55.8 cm³/mol. The number of rotatable bonds is 6. The Morgan fingerprint density at radius 1 is 1.31 bits per heavy atom. The molecule has 0 fully saturated rings. The molecule has 0 aliphatic carbocycles. The SMILES string of the molecule is CCC(C)(OC)C(O)CCC(C)C. The maximum atomic E-state index is 9.89. The molecule has 0 aromatic carbocycles. The summed E-state index contributed by atoms with van der Waals surface area (Å²) >= 11 is 0. The zero-order valence-corrected chi connectivity index (χ0v) is 9.63. The molecule has 0 aliphatic heterocycles. The van der Waals surface area contributed by atoms with E-state index in [0.29, 0.717) is 5.92 Å². The van der Waals surface area contributed by atoms with Gasteiger partial charge in [0.15, 0.2) is 0 Å². The van der Waals surface area contributed by atoms with Crippen molar-refractivity contribution in [2.45, 2.75) is 58.7 Å². The fourth-order valence-corrected chi connectivity index (χ4v) is 1.31. The van der Waals surface area contributed by atoms with E-state index in [9.17, 15) is 5.11 Å². The van der Waals surface area contributed by atoms with Crippen LogP contribution in [0.3, 0.4) is 0 Å². The van der Waals surface area contributed by atoms with Crippen LogP contribution in [-0.2, 0) is 4.74 Å². The lowest BCUT2D eigenvalue weighted by Gasteiger charge is -2.32. The van der Waals surface area contributed by atoms with Crippen LogP contribution in [0.2, 0.25) is 0 Å². The van der Waals surface area contributed by atoms with Gasteiger partial charge in [-0.25, -0.2) is 0 Å². The lowest BCUT2D eigenvalue weighted by Crippen LogP contribution is -2.40. The van der Waals surface area contributed by atoms with Gasteiger partial charge >= 0.3 is 0 Å². The molecule has 0 saturated heterocycles. The summed E-state index contributed by atoms with van der Waals surface area (Å²) in [5.74, 6) is 0.646. The zero-order valence-electron chi connectivity index (χ0n) is 9.63. The molecule has 0 bridgehead atoms. The van der Waals surface area contributed by atoms with Crippen LogP contribution in [0.15, 0.2) is 0 Å². The molecule has 0 aliphatic rings. The second-order valence-corrected chi connectivity index (χ2v) is 4.36. The number of hydrogen-bond acceptors (Lipinski definition) is 2. The Balaban J connectivity index is 3.99. The van der Waals surface area contributed by atoms with Crippen LogP contribution in [0.5, 0.6) is 0 Å². The van der Waals surface area contributed by atoms with Crippen LogP contribution < -0.4 is 0 Å². The third-order valence-electron chi connectivity index (χ3n) is 2.89. The molecule has 0 rings (SSSR count). The van der Waals surface area contributed by atoms with E-state index < -0.39 is 0 Å². The van der Waals surface area contributed by atoms with Gasteiger partial charge in [0.2, 0.25) is 0 Å². The van der Waals surface area contributed by atoms with Gasteiger partial charge < -0.3 is 9.84 Å². The molecule has 0 saturated carbocycles. The summed E-state index contributed by atoms with van der Waals surface area (Å²) in [7, 11) is 1.67. The van der Waals surface area contributed by atoms with Crippen molar-refractivity contribution in [2.75, 3.05) is 7.11 Å². The second kappa shape index (κ2) is 5.61. The summed E-state index contributed by atoms with van der Waals surface area (Å²) < 4.78 is 5.33. The Bertz CT molecular complexity index is 128. The Hall–Kier alpha value is -0.0800. The summed E-state index contributed by atoms with van der Waals surface area (Å²) in [4.78, 5) is 0. The fourth-order valence-electron chi connectivity index (χ4n) is 1.31. The maximum Gasteiger partial charge on any atom is 0.0905 e. The summed E-state index contributed by atoms with van der Waals surface area (Å²) in [6, 6.07) is 0. The van der Waals surface area contributed by atoms with Gasteiger partial charge in [0.05, 0.1) is 11.7 Å². The highest BCUT2D eigenvalue weighted by atomic mass is 16.5. The van der Waals surface area contributed by atoms with Crippen molar-refractivity contribution in [3.63, 3.8) is 0 Å². The highest BCUT2D eigenvalue weighted by Crippen LogP contribution is 2.23. The number of hydrogen-bond donors (Lipinski definition) is 1. The molecule has 2 unspecified atom stereocenters. The lowest BCUT2D eigenvalue weighted by atomic mass is 9.90. The molecule has 0 aromatic heterocycles. The van der Waals surface area contributed by atoms with E-state index in [1.165, 1.54) is 0 Å². The van der Waals surface area contributed by atoms with E-state index in [1.54, 1.807) is 7.11 Å². The second-order valence-electron chi connectivity index (χ2n) is 4.36. The largest absolute Gasteiger partial charge is 0.390 e. The van der Waals surface area contributed by atoms with Gasteiger partial charge in [-0.05, 0) is 32.1 Å². The monoisotopic (exact) mass is 188 g/mol.